The van der Waals surface area contributed by atoms with Gasteiger partial charge in [-0.3, -0.25) is 4.79 Å². The summed E-state index contributed by atoms with van der Waals surface area (Å²) in [6.07, 6.45) is 1.76. The average Bonchev–Trinajstić information content (AvgIpc) is 3.08. The van der Waals surface area contributed by atoms with Crippen molar-refractivity contribution in [3.63, 3.8) is 0 Å². The smallest absolute Gasteiger partial charge is 0.270 e. The molecule has 23 heavy (non-hydrogen) atoms. The predicted octanol–water partition coefficient (Wildman–Crippen LogP) is 2.76. The van der Waals surface area contributed by atoms with E-state index in [4.69, 9.17) is 14.2 Å². The van der Waals surface area contributed by atoms with Crippen molar-refractivity contribution in [2.45, 2.75) is 12.8 Å². The molecular formula is C16H18N2O4S. The lowest BCUT2D eigenvalue weighted by atomic mass is 10.00. The molecule has 0 fully saturated rings. The third kappa shape index (κ3) is 2.84. The van der Waals surface area contributed by atoms with E-state index >= 15 is 0 Å². The minimum Gasteiger partial charge on any atom is -0.497 e. The highest BCUT2D eigenvalue weighted by atomic mass is 32.1. The van der Waals surface area contributed by atoms with Gasteiger partial charge in [0.1, 0.15) is 16.4 Å². The van der Waals surface area contributed by atoms with E-state index in [9.17, 15) is 4.79 Å². The Morgan fingerprint density at radius 2 is 2.00 bits per heavy atom. The molecule has 0 bridgehead atoms. The van der Waals surface area contributed by atoms with Crippen molar-refractivity contribution in [3.8, 4) is 17.4 Å². The lowest BCUT2D eigenvalue weighted by Gasteiger charge is -2.30. The van der Waals surface area contributed by atoms with Gasteiger partial charge in [-0.15, -0.1) is 0 Å². The van der Waals surface area contributed by atoms with Crippen LogP contribution in [0.4, 0.5) is 5.69 Å². The third-order valence-electron chi connectivity index (χ3n) is 3.87. The van der Waals surface area contributed by atoms with Gasteiger partial charge < -0.3 is 19.1 Å². The highest BCUT2D eigenvalue weighted by Crippen LogP contribution is 2.39. The summed E-state index contributed by atoms with van der Waals surface area (Å²) in [6, 6.07) is 5.40. The molecule has 0 N–H and O–H groups in total. The number of hydrogen-bond acceptors (Lipinski definition) is 6. The zero-order valence-electron chi connectivity index (χ0n) is 13.3. The van der Waals surface area contributed by atoms with Gasteiger partial charge >= 0.3 is 0 Å². The van der Waals surface area contributed by atoms with Gasteiger partial charge in [0.05, 0.1) is 27.0 Å². The van der Waals surface area contributed by atoms with Gasteiger partial charge in [0.2, 0.25) is 5.88 Å². The van der Waals surface area contributed by atoms with Crippen LogP contribution < -0.4 is 19.1 Å². The van der Waals surface area contributed by atoms with Crippen molar-refractivity contribution < 1.29 is 19.0 Å². The summed E-state index contributed by atoms with van der Waals surface area (Å²) >= 11 is 1.14. The zero-order valence-corrected chi connectivity index (χ0v) is 14.1. The Morgan fingerprint density at radius 1 is 1.17 bits per heavy atom. The van der Waals surface area contributed by atoms with Gasteiger partial charge in [0.25, 0.3) is 5.91 Å². The number of methoxy groups -OCH3 is 3. The monoisotopic (exact) mass is 334 g/mol. The van der Waals surface area contributed by atoms with Crippen molar-refractivity contribution in [3.05, 3.63) is 28.6 Å². The van der Waals surface area contributed by atoms with Crippen molar-refractivity contribution in [2.75, 3.05) is 32.8 Å². The van der Waals surface area contributed by atoms with Gasteiger partial charge in [0, 0.05) is 30.3 Å². The summed E-state index contributed by atoms with van der Waals surface area (Å²) < 4.78 is 20.0. The summed E-state index contributed by atoms with van der Waals surface area (Å²) in [5, 5.41) is 0. The fraction of sp³-hybridized carbons (Fsp3) is 0.375. The highest BCUT2D eigenvalue weighted by Gasteiger charge is 2.28. The number of anilines is 1. The van der Waals surface area contributed by atoms with Crippen molar-refractivity contribution in [1.29, 1.82) is 0 Å². The molecule has 0 saturated heterocycles. The SMILES string of the molecule is COc1cc(OC)c2c(c1)N(C(=O)c1cc(OC)ns1)CCC2. The molecule has 0 radical (unpaired) electrons. The molecule has 1 aliphatic heterocycles. The van der Waals surface area contributed by atoms with Crippen LogP contribution in [0.1, 0.15) is 21.7 Å². The maximum Gasteiger partial charge on any atom is 0.270 e. The Balaban J connectivity index is 2.01. The second-order valence-corrected chi connectivity index (χ2v) is 5.93. The molecule has 2 aromatic rings. The molecule has 1 aromatic heterocycles. The Kier molecular flexibility index (Phi) is 4.38. The van der Waals surface area contributed by atoms with Gasteiger partial charge in [-0.25, -0.2) is 0 Å². The molecule has 0 unspecified atom stereocenters. The topological polar surface area (TPSA) is 60.9 Å². The van der Waals surface area contributed by atoms with Crippen LogP contribution >= 0.6 is 11.5 Å². The molecule has 1 aliphatic rings. The van der Waals surface area contributed by atoms with Crippen LogP contribution in [0.25, 0.3) is 0 Å². The normalized spacial score (nSPS) is 13.4. The Hall–Kier alpha value is -2.28. The predicted molar refractivity (Wildman–Crippen MR) is 88.2 cm³/mol. The molecule has 6 nitrogen and oxygen atoms in total. The maximum atomic E-state index is 12.9. The molecule has 7 heteroatoms. The van der Waals surface area contributed by atoms with E-state index in [-0.39, 0.29) is 5.91 Å². The number of benzene rings is 1. The number of hydrogen-bond donors (Lipinski definition) is 0. The maximum absolute atomic E-state index is 12.9. The van der Waals surface area contributed by atoms with E-state index < -0.39 is 0 Å². The molecular weight excluding hydrogens is 316 g/mol. The lowest BCUT2D eigenvalue weighted by Crippen LogP contribution is -2.35. The number of carbonyl (C=O) groups excluding carboxylic acids is 1. The second kappa shape index (κ2) is 6.45. The lowest BCUT2D eigenvalue weighted by molar-refractivity contribution is 0.0988. The summed E-state index contributed by atoms with van der Waals surface area (Å²) in [5.74, 6) is 1.79. The van der Waals surface area contributed by atoms with Crippen LogP contribution in [-0.4, -0.2) is 38.2 Å². The quantitative estimate of drug-likeness (QED) is 0.860. The first-order valence-corrected chi connectivity index (χ1v) is 8.02. The number of carbonyl (C=O) groups is 1. The van der Waals surface area contributed by atoms with Gasteiger partial charge in [-0.05, 0) is 24.4 Å². The number of fused-ring (bicyclic) bond motifs is 1. The zero-order chi connectivity index (χ0) is 16.4. The van der Waals surface area contributed by atoms with Gasteiger partial charge in [-0.1, -0.05) is 0 Å². The van der Waals surface area contributed by atoms with E-state index in [1.165, 1.54) is 7.11 Å². The summed E-state index contributed by atoms with van der Waals surface area (Å²) in [4.78, 5) is 15.2. The van der Waals surface area contributed by atoms with Crippen molar-refractivity contribution >= 4 is 23.1 Å². The molecule has 122 valence electrons. The summed E-state index contributed by atoms with van der Waals surface area (Å²) in [5.41, 5.74) is 1.87. The summed E-state index contributed by atoms with van der Waals surface area (Å²) in [7, 11) is 4.77. The molecule has 0 spiro atoms. The largest absolute Gasteiger partial charge is 0.497 e. The first-order chi connectivity index (χ1) is 11.2. The van der Waals surface area contributed by atoms with Crippen molar-refractivity contribution in [1.82, 2.24) is 4.37 Å². The standard InChI is InChI=1S/C16H18N2O4S/c1-20-10-7-12-11(13(8-10)21-2)5-4-6-18(12)16(19)14-9-15(22-3)17-23-14/h7-9H,4-6H2,1-3H3. The molecule has 1 amide bonds. The van der Waals surface area contributed by atoms with E-state index in [0.29, 0.717) is 23.1 Å². The van der Waals surface area contributed by atoms with Crippen LogP contribution in [0.2, 0.25) is 0 Å². The van der Waals surface area contributed by atoms with Crippen LogP contribution in [0.15, 0.2) is 18.2 Å². The Bertz CT molecular complexity index is 729. The number of aromatic nitrogens is 1. The minimum atomic E-state index is -0.0814. The first-order valence-electron chi connectivity index (χ1n) is 7.25. The number of nitrogens with zero attached hydrogens (tertiary/aromatic N) is 2. The van der Waals surface area contributed by atoms with E-state index in [1.807, 2.05) is 12.1 Å². The van der Waals surface area contributed by atoms with Crippen LogP contribution in [0.3, 0.4) is 0 Å². The molecule has 0 aliphatic carbocycles. The van der Waals surface area contributed by atoms with E-state index in [2.05, 4.69) is 4.37 Å². The Morgan fingerprint density at radius 3 is 2.65 bits per heavy atom. The molecule has 3 rings (SSSR count). The van der Waals surface area contributed by atoms with Crippen LogP contribution in [0, 0.1) is 0 Å². The Labute approximate surface area is 138 Å². The number of ether oxygens (including phenoxy) is 3. The molecule has 1 aromatic carbocycles. The fourth-order valence-electron chi connectivity index (χ4n) is 2.73. The van der Waals surface area contributed by atoms with E-state index in [1.54, 1.807) is 25.2 Å². The fourth-order valence-corrected chi connectivity index (χ4v) is 3.39. The molecule has 0 saturated carbocycles. The molecule has 2 heterocycles. The van der Waals surface area contributed by atoms with Gasteiger partial charge in [-0.2, -0.15) is 4.37 Å². The average molecular weight is 334 g/mol. The summed E-state index contributed by atoms with van der Waals surface area (Å²) in [6.45, 7) is 0.655. The van der Waals surface area contributed by atoms with E-state index in [0.717, 1.165) is 41.4 Å². The molecule has 0 atom stereocenters. The first kappa shape index (κ1) is 15.6. The third-order valence-corrected chi connectivity index (χ3v) is 4.63. The number of rotatable bonds is 4. The van der Waals surface area contributed by atoms with Crippen molar-refractivity contribution in [2.24, 2.45) is 0 Å². The number of amides is 1. The van der Waals surface area contributed by atoms with Crippen LogP contribution in [0.5, 0.6) is 17.4 Å². The minimum absolute atomic E-state index is 0.0814. The highest BCUT2D eigenvalue weighted by molar-refractivity contribution is 7.08. The second-order valence-electron chi connectivity index (χ2n) is 5.12. The van der Waals surface area contributed by atoms with Crippen LogP contribution in [-0.2, 0) is 6.42 Å². The van der Waals surface area contributed by atoms with Gasteiger partial charge in [0.15, 0.2) is 0 Å².